The molecule has 12 nitrogen and oxygen atoms in total. The summed E-state index contributed by atoms with van der Waals surface area (Å²) in [7, 11) is 0. The number of fused-ring (bicyclic) bond motifs is 1. The van der Waals surface area contributed by atoms with Crippen LogP contribution in [0.4, 0.5) is 20.2 Å². The van der Waals surface area contributed by atoms with Crippen molar-refractivity contribution >= 4 is 40.3 Å². The highest BCUT2D eigenvalue weighted by atomic mass is 19.1. The van der Waals surface area contributed by atoms with Gasteiger partial charge in [-0.05, 0) is 44.4 Å². The van der Waals surface area contributed by atoms with E-state index in [1.165, 1.54) is 5.48 Å². The zero-order valence-corrected chi connectivity index (χ0v) is 19.6. The Bertz CT molecular complexity index is 1380. The number of amides is 1. The quantitative estimate of drug-likeness (QED) is 0.0835. The van der Waals surface area contributed by atoms with E-state index in [1.807, 2.05) is 0 Å². The highest BCUT2D eigenvalue weighted by Gasteiger charge is 2.15. The van der Waals surface area contributed by atoms with Crippen LogP contribution in [-0.2, 0) is 16.0 Å². The number of nitrogens with two attached hydrogens (primary N) is 2. The van der Waals surface area contributed by atoms with Crippen molar-refractivity contribution in [2.75, 3.05) is 18.1 Å². The molecule has 198 valence electrons. The van der Waals surface area contributed by atoms with Gasteiger partial charge in [-0.1, -0.05) is 0 Å². The Hall–Kier alpha value is -4.59. The van der Waals surface area contributed by atoms with Crippen molar-refractivity contribution in [2.24, 2.45) is 0 Å². The minimum Gasteiger partial charge on any atom is -0.478 e. The average molecular weight is 521 g/mol. The zero-order chi connectivity index (χ0) is 27.7. The number of carbonyl (C=O) groups excluding carboxylic acids is 2. The molecule has 0 aliphatic heterocycles. The van der Waals surface area contributed by atoms with Crippen molar-refractivity contribution in [3.05, 3.63) is 63.1 Å². The van der Waals surface area contributed by atoms with E-state index >= 15 is 0 Å². The number of aromatic nitrogens is 2. The average Bonchev–Trinajstić information content (AvgIpc) is 2.84. The Labute approximate surface area is 208 Å². The topological polar surface area (TPSA) is 211 Å². The lowest BCUT2D eigenvalue weighted by molar-refractivity contribution is -0.143. The van der Waals surface area contributed by atoms with E-state index in [9.17, 15) is 28.0 Å². The molecule has 0 spiro atoms. The van der Waals surface area contributed by atoms with E-state index < -0.39 is 34.6 Å². The number of aromatic carboxylic acids is 1. The number of halogens is 2. The van der Waals surface area contributed by atoms with Crippen LogP contribution in [0.1, 0.15) is 52.6 Å². The largest absolute Gasteiger partial charge is 0.478 e. The summed E-state index contributed by atoms with van der Waals surface area (Å²) < 4.78 is 31.4. The van der Waals surface area contributed by atoms with E-state index in [1.54, 1.807) is 6.92 Å². The summed E-state index contributed by atoms with van der Waals surface area (Å²) in [6, 6.07) is 4.00. The van der Waals surface area contributed by atoms with E-state index in [-0.39, 0.29) is 46.1 Å². The fourth-order valence-corrected chi connectivity index (χ4v) is 3.11. The molecule has 0 radical (unpaired) electrons. The van der Waals surface area contributed by atoms with Crippen molar-refractivity contribution in [2.45, 2.75) is 32.6 Å². The van der Waals surface area contributed by atoms with Crippen molar-refractivity contribution < 1.29 is 38.2 Å². The molecule has 8 N–H and O–H groups in total. The van der Waals surface area contributed by atoms with Gasteiger partial charge in [0.2, 0.25) is 0 Å². The predicted molar refractivity (Wildman–Crippen MR) is 128 cm³/mol. The van der Waals surface area contributed by atoms with Crippen LogP contribution in [0.2, 0.25) is 0 Å². The standard InChI is InChI=1S/C16H17FN2O5.C7H8FN3O2/c1-2-24-14(20)6-4-3-5-11-15(21)19-13-8-10(17)9(16(22)23)7-12(13)18-11;8-4-2-6(10)5(9)1-3(4)7(12)11-13/h7-8H,2-6H2,1H3,(H,19,21)(H,22,23);1-2,13H,9-10H2,(H,11,12). The van der Waals surface area contributed by atoms with Gasteiger partial charge < -0.3 is 26.3 Å². The Morgan fingerprint density at radius 2 is 1.70 bits per heavy atom. The third-order valence-electron chi connectivity index (χ3n) is 4.95. The van der Waals surface area contributed by atoms with Gasteiger partial charge in [0, 0.05) is 12.5 Å². The van der Waals surface area contributed by atoms with Gasteiger partial charge in [-0.3, -0.25) is 19.6 Å². The van der Waals surface area contributed by atoms with E-state index in [4.69, 9.17) is 26.5 Å². The molecule has 1 heterocycles. The number of unbranched alkanes of at least 4 members (excludes halogenated alkanes) is 1. The fourth-order valence-electron chi connectivity index (χ4n) is 3.11. The number of carboxylic acid groups (broad SMARTS) is 1. The van der Waals surface area contributed by atoms with E-state index in [0.717, 1.165) is 24.3 Å². The third-order valence-corrected chi connectivity index (χ3v) is 4.95. The minimum absolute atomic E-state index is 0.0481. The summed E-state index contributed by atoms with van der Waals surface area (Å²) in [5.41, 5.74) is 11.3. The van der Waals surface area contributed by atoms with Crippen LogP contribution in [0.3, 0.4) is 0 Å². The normalized spacial score (nSPS) is 10.4. The molecule has 14 heteroatoms. The van der Waals surface area contributed by atoms with Crippen molar-refractivity contribution in [3.8, 4) is 0 Å². The number of aromatic amines is 1. The lowest BCUT2D eigenvalue weighted by Crippen LogP contribution is -2.20. The first-order chi connectivity index (χ1) is 17.5. The molecule has 1 amide bonds. The molecule has 0 aliphatic rings. The van der Waals surface area contributed by atoms with Gasteiger partial charge >= 0.3 is 11.9 Å². The van der Waals surface area contributed by atoms with Crippen LogP contribution in [-0.4, -0.2) is 44.7 Å². The Kier molecular flexibility index (Phi) is 10.0. The van der Waals surface area contributed by atoms with E-state index in [0.29, 0.717) is 25.9 Å². The number of nitrogen functional groups attached to an aromatic ring is 2. The van der Waals surface area contributed by atoms with Crippen molar-refractivity contribution in [1.82, 2.24) is 15.4 Å². The summed E-state index contributed by atoms with van der Waals surface area (Å²) in [5.74, 6) is -4.44. The molecule has 0 unspecified atom stereocenters. The summed E-state index contributed by atoms with van der Waals surface area (Å²) in [5, 5.41) is 17.2. The molecular formula is C23H25F2N5O7. The van der Waals surface area contributed by atoms with Gasteiger partial charge in [-0.15, -0.1) is 0 Å². The second kappa shape index (κ2) is 12.9. The van der Waals surface area contributed by atoms with E-state index in [2.05, 4.69) is 9.97 Å². The molecule has 0 aliphatic carbocycles. The molecule has 1 aromatic heterocycles. The lowest BCUT2D eigenvalue weighted by atomic mass is 10.1. The number of hydroxylamine groups is 1. The number of H-pyrrole nitrogens is 1. The summed E-state index contributed by atoms with van der Waals surface area (Å²) in [6.45, 7) is 2.05. The highest BCUT2D eigenvalue weighted by molar-refractivity contribution is 5.95. The first-order valence-electron chi connectivity index (χ1n) is 10.9. The number of carboxylic acids is 1. The first-order valence-corrected chi connectivity index (χ1v) is 10.9. The predicted octanol–water partition coefficient (Wildman–Crippen LogP) is 2.15. The van der Waals surface area contributed by atoms with Gasteiger partial charge in [0.1, 0.15) is 17.3 Å². The lowest BCUT2D eigenvalue weighted by Gasteiger charge is -2.05. The molecule has 2 aromatic carbocycles. The number of aryl methyl sites for hydroxylation is 1. The Balaban J connectivity index is 0.000000312. The second-order valence-corrected chi connectivity index (χ2v) is 7.58. The molecular weight excluding hydrogens is 496 g/mol. The molecule has 0 atom stereocenters. The number of rotatable bonds is 8. The van der Waals surface area contributed by atoms with Crippen LogP contribution in [0.15, 0.2) is 29.1 Å². The number of nitrogens with one attached hydrogen (secondary N) is 2. The molecule has 3 aromatic rings. The smallest absolute Gasteiger partial charge is 0.338 e. The molecule has 3 rings (SSSR count). The minimum atomic E-state index is -1.40. The second-order valence-electron chi connectivity index (χ2n) is 7.58. The molecule has 37 heavy (non-hydrogen) atoms. The summed E-state index contributed by atoms with van der Waals surface area (Å²) >= 11 is 0. The number of carbonyl (C=O) groups is 3. The Morgan fingerprint density at radius 1 is 1.05 bits per heavy atom. The molecule has 0 bridgehead atoms. The molecule has 0 saturated carbocycles. The number of hydrogen-bond acceptors (Lipinski definition) is 9. The maximum absolute atomic E-state index is 13.6. The first kappa shape index (κ1) is 28.6. The fraction of sp³-hybridized carbons (Fsp3) is 0.261. The van der Waals surface area contributed by atoms with Gasteiger partial charge in [0.05, 0.1) is 40.1 Å². The summed E-state index contributed by atoms with van der Waals surface area (Å²) in [4.78, 5) is 51.6. The molecule has 0 saturated heterocycles. The van der Waals surface area contributed by atoms with Crippen LogP contribution in [0, 0.1) is 11.6 Å². The van der Waals surface area contributed by atoms with Crippen LogP contribution >= 0.6 is 0 Å². The maximum Gasteiger partial charge on any atom is 0.338 e. The zero-order valence-electron chi connectivity index (χ0n) is 19.6. The maximum atomic E-state index is 13.6. The number of esters is 1. The van der Waals surface area contributed by atoms with Gasteiger partial charge in [-0.2, -0.15) is 0 Å². The number of hydrogen-bond donors (Lipinski definition) is 6. The number of anilines is 2. The molecule has 0 fully saturated rings. The van der Waals surface area contributed by atoms with Gasteiger partial charge in [0.15, 0.2) is 0 Å². The number of benzene rings is 2. The van der Waals surface area contributed by atoms with Crippen LogP contribution in [0.5, 0.6) is 0 Å². The van der Waals surface area contributed by atoms with Crippen molar-refractivity contribution in [3.63, 3.8) is 0 Å². The van der Waals surface area contributed by atoms with Crippen molar-refractivity contribution in [1.29, 1.82) is 0 Å². The van der Waals surface area contributed by atoms with Gasteiger partial charge in [-0.25, -0.2) is 24.0 Å². The van der Waals surface area contributed by atoms with Crippen LogP contribution < -0.4 is 22.5 Å². The third kappa shape index (κ3) is 7.70. The number of ether oxygens (including phenoxy) is 1. The monoisotopic (exact) mass is 521 g/mol. The highest BCUT2D eigenvalue weighted by Crippen LogP contribution is 2.19. The van der Waals surface area contributed by atoms with Gasteiger partial charge in [0.25, 0.3) is 11.5 Å². The number of nitrogens with zero attached hydrogens (tertiary/aromatic N) is 1. The SMILES string of the molecule is CCOC(=O)CCCCc1nc2cc(C(=O)O)c(F)cc2[nH]c1=O.Nc1cc(F)c(C(=O)NO)cc1N. The summed E-state index contributed by atoms with van der Waals surface area (Å²) in [6.07, 6.45) is 1.67. The van der Waals surface area contributed by atoms with Crippen LogP contribution in [0.25, 0.3) is 11.0 Å². The Morgan fingerprint density at radius 3 is 2.32 bits per heavy atom.